The molecule has 1 fully saturated rings. The number of rotatable bonds is 5. The van der Waals surface area contributed by atoms with Gasteiger partial charge in [-0.3, -0.25) is 9.59 Å². The molecule has 5 heteroatoms. The lowest BCUT2D eigenvalue weighted by molar-refractivity contribution is -0.112. The molecule has 1 aromatic carbocycles. The first-order chi connectivity index (χ1) is 11.1. The van der Waals surface area contributed by atoms with E-state index in [1.165, 1.54) is 32.4 Å². The molecule has 0 heterocycles. The molecule has 0 spiro atoms. The van der Waals surface area contributed by atoms with E-state index in [-0.39, 0.29) is 11.4 Å². The first-order valence-electron chi connectivity index (χ1n) is 7.89. The van der Waals surface area contributed by atoms with Gasteiger partial charge in [-0.2, -0.15) is 5.26 Å². The minimum atomic E-state index is -0.452. The van der Waals surface area contributed by atoms with E-state index in [1.54, 1.807) is 24.3 Å². The van der Waals surface area contributed by atoms with Gasteiger partial charge in [0.1, 0.15) is 11.6 Å². The zero-order chi connectivity index (χ0) is 16.7. The van der Waals surface area contributed by atoms with Gasteiger partial charge in [-0.25, -0.2) is 0 Å². The van der Waals surface area contributed by atoms with Gasteiger partial charge in [-0.15, -0.1) is 0 Å². The molecule has 2 N–H and O–H groups in total. The van der Waals surface area contributed by atoms with E-state index < -0.39 is 5.91 Å². The van der Waals surface area contributed by atoms with Crippen LogP contribution in [0.15, 0.2) is 36.0 Å². The molecular formula is C18H21N3O2. The van der Waals surface area contributed by atoms with Gasteiger partial charge in [-0.1, -0.05) is 19.3 Å². The van der Waals surface area contributed by atoms with E-state index in [9.17, 15) is 9.59 Å². The van der Waals surface area contributed by atoms with Gasteiger partial charge >= 0.3 is 0 Å². The van der Waals surface area contributed by atoms with Crippen molar-refractivity contribution in [3.05, 3.63) is 41.6 Å². The molecule has 5 nitrogen and oxygen atoms in total. The second kappa shape index (κ2) is 8.14. The number of Topliss-reactive ketones (excluding diaryl/α,β-unsaturated/α-hetero) is 1. The maximum Gasteiger partial charge on any atom is 0.267 e. The maximum atomic E-state index is 12.1. The van der Waals surface area contributed by atoms with Crippen molar-refractivity contribution < 1.29 is 9.59 Å². The number of anilines is 1. The summed E-state index contributed by atoms with van der Waals surface area (Å²) in [5, 5.41) is 15.0. The predicted molar refractivity (Wildman–Crippen MR) is 88.8 cm³/mol. The summed E-state index contributed by atoms with van der Waals surface area (Å²) >= 11 is 0. The van der Waals surface area contributed by atoms with Gasteiger partial charge in [0.05, 0.1) is 0 Å². The van der Waals surface area contributed by atoms with Gasteiger partial charge in [0, 0.05) is 23.5 Å². The Labute approximate surface area is 136 Å². The van der Waals surface area contributed by atoms with Crippen LogP contribution in [0, 0.1) is 11.3 Å². The average molecular weight is 311 g/mol. The van der Waals surface area contributed by atoms with E-state index in [0.717, 1.165) is 12.8 Å². The number of hydrogen-bond donors (Lipinski definition) is 2. The maximum absolute atomic E-state index is 12.1. The fourth-order valence-corrected chi connectivity index (χ4v) is 2.61. The van der Waals surface area contributed by atoms with Gasteiger partial charge in [0.25, 0.3) is 5.91 Å². The summed E-state index contributed by atoms with van der Waals surface area (Å²) < 4.78 is 0. The van der Waals surface area contributed by atoms with Gasteiger partial charge in [-0.05, 0) is 44.0 Å². The summed E-state index contributed by atoms with van der Waals surface area (Å²) in [6, 6.07) is 8.86. The highest BCUT2D eigenvalue weighted by molar-refractivity contribution is 6.06. The summed E-state index contributed by atoms with van der Waals surface area (Å²) in [7, 11) is 0. The molecule has 120 valence electrons. The van der Waals surface area contributed by atoms with Crippen molar-refractivity contribution in [2.24, 2.45) is 0 Å². The van der Waals surface area contributed by atoms with Crippen LogP contribution >= 0.6 is 0 Å². The van der Waals surface area contributed by atoms with Crippen LogP contribution in [0.25, 0.3) is 0 Å². The first-order valence-corrected chi connectivity index (χ1v) is 7.89. The largest absolute Gasteiger partial charge is 0.387 e. The van der Waals surface area contributed by atoms with E-state index in [1.807, 2.05) is 6.07 Å². The van der Waals surface area contributed by atoms with Crippen molar-refractivity contribution in [3.8, 4) is 6.07 Å². The van der Waals surface area contributed by atoms with Crippen LogP contribution in [0.5, 0.6) is 0 Å². The van der Waals surface area contributed by atoms with Crippen molar-refractivity contribution >= 4 is 17.4 Å². The van der Waals surface area contributed by atoms with Crippen molar-refractivity contribution in [3.63, 3.8) is 0 Å². The Kier molecular flexibility index (Phi) is 5.93. The molecule has 0 radical (unpaired) electrons. The van der Waals surface area contributed by atoms with Crippen molar-refractivity contribution in [2.75, 3.05) is 5.32 Å². The van der Waals surface area contributed by atoms with Crippen LogP contribution < -0.4 is 10.6 Å². The number of amides is 1. The van der Waals surface area contributed by atoms with Crippen LogP contribution in [-0.2, 0) is 4.79 Å². The fourth-order valence-electron chi connectivity index (χ4n) is 2.61. The molecule has 1 saturated carbocycles. The summed E-state index contributed by atoms with van der Waals surface area (Å²) in [5.41, 5.74) is 1.18. The molecule has 2 rings (SSSR count). The molecule has 1 aliphatic carbocycles. The topological polar surface area (TPSA) is 82.0 Å². The molecule has 0 saturated heterocycles. The molecule has 0 atom stereocenters. The lowest BCUT2D eigenvalue weighted by Gasteiger charge is -2.21. The van der Waals surface area contributed by atoms with Crippen LogP contribution in [-0.4, -0.2) is 17.7 Å². The first kappa shape index (κ1) is 16.8. The molecule has 0 unspecified atom stereocenters. The molecule has 1 aliphatic rings. The van der Waals surface area contributed by atoms with Crippen molar-refractivity contribution in [1.82, 2.24) is 5.32 Å². The smallest absolute Gasteiger partial charge is 0.267 e. The Balaban J connectivity index is 1.96. The SMILES string of the molecule is CC(=O)c1ccc(NC(=O)/C(C#N)=C\NC2CCCCC2)cc1. The van der Waals surface area contributed by atoms with Crippen LogP contribution in [0.3, 0.4) is 0 Å². The van der Waals surface area contributed by atoms with Crippen molar-refractivity contribution in [1.29, 1.82) is 5.26 Å². The standard InChI is InChI=1S/C18H21N3O2/c1-13(22)14-7-9-17(10-8-14)21-18(23)15(11-19)12-20-16-5-3-2-4-6-16/h7-10,12,16,20H,2-6H2,1H3,(H,21,23)/b15-12-. The Hall–Kier alpha value is -2.61. The molecular weight excluding hydrogens is 290 g/mol. The zero-order valence-electron chi connectivity index (χ0n) is 13.3. The minimum absolute atomic E-state index is 0.0304. The summed E-state index contributed by atoms with van der Waals surface area (Å²) in [6.07, 6.45) is 7.27. The van der Waals surface area contributed by atoms with Crippen LogP contribution in [0.4, 0.5) is 5.69 Å². The zero-order valence-corrected chi connectivity index (χ0v) is 13.3. The molecule has 0 aliphatic heterocycles. The number of nitriles is 1. The highest BCUT2D eigenvalue weighted by atomic mass is 16.1. The molecule has 23 heavy (non-hydrogen) atoms. The number of carbonyl (C=O) groups excluding carboxylic acids is 2. The van der Waals surface area contributed by atoms with Gasteiger partial charge < -0.3 is 10.6 Å². The quantitative estimate of drug-likeness (QED) is 0.497. The number of benzene rings is 1. The summed E-state index contributed by atoms with van der Waals surface area (Å²) in [5.74, 6) is -0.483. The third kappa shape index (κ3) is 4.96. The fraction of sp³-hybridized carbons (Fsp3) is 0.389. The molecule has 1 aromatic rings. The molecule has 0 aromatic heterocycles. The normalized spacial score (nSPS) is 15.6. The Morgan fingerprint density at radius 1 is 1.17 bits per heavy atom. The number of nitrogens with zero attached hydrogens (tertiary/aromatic N) is 1. The van der Waals surface area contributed by atoms with E-state index in [0.29, 0.717) is 17.3 Å². The van der Waals surface area contributed by atoms with E-state index in [2.05, 4.69) is 10.6 Å². The average Bonchev–Trinajstić information content (AvgIpc) is 2.57. The number of hydrogen-bond acceptors (Lipinski definition) is 4. The monoisotopic (exact) mass is 311 g/mol. The second-order valence-corrected chi connectivity index (χ2v) is 5.76. The molecule has 1 amide bonds. The highest BCUT2D eigenvalue weighted by Crippen LogP contribution is 2.17. The number of ketones is 1. The third-order valence-electron chi connectivity index (χ3n) is 3.98. The van der Waals surface area contributed by atoms with Crippen LogP contribution in [0.1, 0.15) is 49.4 Å². The third-order valence-corrected chi connectivity index (χ3v) is 3.98. The highest BCUT2D eigenvalue weighted by Gasteiger charge is 2.14. The lowest BCUT2D eigenvalue weighted by Crippen LogP contribution is -2.28. The number of nitrogens with one attached hydrogen (secondary N) is 2. The number of carbonyl (C=O) groups is 2. The Bertz CT molecular complexity index is 635. The molecule has 0 bridgehead atoms. The van der Waals surface area contributed by atoms with Crippen LogP contribution in [0.2, 0.25) is 0 Å². The second-order valence-electron chi connectivity index (χ2n) is 5.76. The van der Waals surface area contributed by atoms with E-state index >= 15 is 0 Å². The minimum Gasteiger partial charge on any atom is -0.387 e. The lowest BCUT2D eigenvalue weighted by atomic mass is 9.96. The summed E-state index contributed by atoms with van der Waals surface area (Å²) in [6.45, 7) is 1.49. The summed E-state index contributed by atoms with van der Waals surface area (Å²) in [4.78, 5) is 23.3. The Morgan fingerprint density at radius 3 is 2.39 bits per heavy atom. The van der Waals surface area contributed by atoms with Crippen molar-refractivity contribution in [2.45, 2.75) is 45.1 Å². The Morgan fingerprint density at radius 2 is 1.83 bits per heavy atom. The van der Waals surface area contributed by atoms with E-state index in [4.69, 9.17) is 5.26 Å². The van der Waals surface area contributed by atoms with Gasteiger partial charge in [0.2, 0.25) is 0 Å². The predicted octanol–water partition coefficient (Wildman–Crippen LogP) is 3.16. The van der Waals surface area contributed by atoms with Gasteiger partial charge in [0.15, 0.2) is 5.78 Å².